The first-order chi connectivity index (χ1) is 9.45. The summed E-state index contributed by atoms with van der Waals surface area (Å²) in [6, 6.07) is 3.66. The molecule has 0 aliphatic carbocycles. The normalized spacial score (nSPS) is 12.5. The molecule has 0 saturated carbocycles. The van der Waals surface area contributed by atoms with Gasteiger partial charge in [-0.25, -0.2) is 4.98 Å². The second-order valence-corrected chi connectivity index (χ2v) is 5.25. The molecule has 0 amide bonds. The van der Waals surface area contributed by atoms with Gasteiger partial charge in [0, 0.05) is 6.54 Å². The molecule has 110 valence electrons. The molecule has 1 aromatic carbocycles. The Labute approximate surface area is 128 Å². The van der Waals surface area contributed by atoms with Gasteiger partial charge in [0.05, 0.1) is 34.1 Å². The van der Waals surface area contributed by atoms with Crippen LogP contribution in [0.2, 0.25) is 0 Å². The number of imidazole rings is 1. The first-order valence-electron chi connectivity index (χ1n) is 6.26. The number of benzene rings is 1. The van der Waals surface area contributed by atoms with Crippen molar-refractivity contribution >= 4 is 33.6 Å². The van der Waals surface area contributed by atoms with Gasteiger partial charge in [-0.3, -0.25) is 4.90 Å². The van der Waals surface area contributed by atoms with E-state index in [1.165, 1.54) is 12.1 Å². The molecule has 0 aliphatic rings. The predicted octanol–water partition coefficient (Wildman–Crippen LogP) is 4.12. The van der Waals surface area contributed by atoms with Crippen molar-refractivity contribution in [3.05, 3.63) is 30.1 Å². The summed E-state index contributed by atoms with van der Waals surface area (Å²) in [5.74, 6) is 0. The molecule has 3 nitrogen and oxygen atoms in total. The fourth-order valence-corrected chi connectivity index (χ4v) is 2.60. The van der Waals surface area contributed by atoms with E-state index >= 15 is 0 Å². The molecule has 0 atom stereocenters. The largest absolute Gasteiger partial charge is 0.416 e. The Morgan fingerprint density at radius 1 is 1.35 bits per heavy atom. The van der Waals surface area contributed by atoms with Gasteiger partial charge >= 0.3 is 6.18 Å². The SMILES string of the molecule is CCCN(CI)Cn1cnc2ccc(C(F)(F)F)cc21. The molecule has 0 N–H and O–H groups in total. The summed E-state index contributed by atoms with van der Waals surface area (Å²) in [6.07, 6.45) is -1.72. The van der Waals surface area contributed by atoms with E-state index in [1.807, 2.05) is 0 Å². The summed E-state index contributed by atoms with van der Waals surface area (Å²) in [4.78, 5) is 6.31. The van der Waals surface area contributed by atoms with Crippen LogP contribution >= 0.6 is 22.6 Å². The van der Waals surface area contributed by atoms with E-state index in [0.717, 1.165) is 23.6 Å². The van der Waals surface area contributed by atoms with Gasteiger partial charge in [-0.1, -0.05) is 29.5 Å². The molecule has 0 unspecified atom stereocenters. The highest BCUT2D eigenvalue weighted by molar-refractivity contribution is 14.1. The maximum Gasteiger partial charge on any atom is 0.416 e. The first-order valence-corrected chi connectivity index (χ1v) is 7.78. The van der Waals surface area contributed by atoms with Crippen molar-refractivity contribution in [3.63, 3.8) is 0 Å². The Morgan fingerprint density at radius 2 is 2.10 bits per heavy atom. The number of fused-ring (bicyclic) bond motifs is 1. The molecule has 1 heterocycles. The van der Waals surface area contributed by atoms with Gasteiger partial charge in [0.15, 0.2) is 0 Å². The number of nitrogens with zero attached hydrogens (tertiary/aromatic N) is 3. The zero-order chi connectivity index (χ0) is 14.8. The lowest BCUT2D eigenvalue weighted by molar-refractivity contribution is -0.137. The fraction of sp³-hybridized carbons (Fsp3) is 0.462. The number of hydrogen-bond acceptors (Lipinski definition) is 2. The van der Waals surface area contributed by atoms with E-state index in [4.69, 9.17) is 0 Å². The van der Waals surface area contributed by atoms with Gasteiger partial charge in [0.1, 0.15) is 0 Å². The predicted molar refractivity (Wildman–Crippen MR) is 80.6 cm³/mol. The number of halogens is 4. The van der Waals surface area contributed by atoms with Crippen molar-refractivity contribution < 1.29 is 13.2 Å². The Morgan fingerprint density at radius 3 is 2.70 bits per heavy atom. The topological polar surface area (TPSA) is 21.1 Å². The summed E-state index contributed by atoms with van der Waals surface area (Å²) in [6.45, 7) is 3.53. The lowest BCUT2D eigenvalue weighted by Gasteiger charge is -2.19. The van der Waals surface area contributed by atoms with Gasteiger partial charge in [0.2, 0.25) is 0 Å². The first kappa shape index (κ1) is 15.6. The monoisotopic (exact) mass is 397 g/mol. The smallest absolute Gasteiger partial charge is 0.317 e. The molecule has 7 heteroatoms. The molecule has 0 radical (unpaired) electrons. The van der Waals surface area contributed by atoms with Crippen LogP contribution in [0.1, 0.15) is 18.9 Å². The van der Waals surface area contributed by atoms with Crippen LogP contribution in [-0.2, 0) is 12.8 Å². The second kappa shape index (κ2) is 6.30. The van der Waals surface area contributed by atoms with Gasteiger partial charge in [-0.05, 0) is 24.6 Å². The third kappa shape index (κ3) is 3.43. The van der Waals surface area contributed by atoms with Gasteiger partial charge in [-0.15, -0.1) is 0 Å². The standard InChI is InChI=1S/C13H15F3IN3/c1-2-5-19(7-17)9-20-8-18-11-4-3-10(6-12(11)20)13(14,15)16/h3-4,6,8H,2,5,7,9H2,1H3. The quantitative estimate of drug-likeness (QED) is 0.430. The van der Waals surface area contributed by atoms with Crippen molar-refractivity contribution in [3.8, 4) is 0 Å². The Balaban J connectivity index is 2.34. The zero-order valence-corrected chi connectivity index (χ0v) is 13.1. The Kier molecular flexibility index (Phi) is 4.90. The maximum atomic E-state index is 12.8. The molecule has 0 bridgehead atoms. The fourth-order valence-electron chi connectivity index (χ4n) is 2.05. The van der Waals surface area contributed by atoms with Crippen molar-refractivity contribution in [1.29, 1.82) is 0 Å². The summed E-state index contributed by atoms with van der Waals surface area (Å²) in [5.41, 5.74) is 0.469. The molecular weight excluding hydrogens is 382 g/mol. The Bertz CT molecular complexity index is 580. The van der Waals surface area contributed by atoms with Crippen LogP contribution in [0.15, 0.2) is 24.5 Å². The highest BCUT2D eigenvalue weighted by Crippen LogP contribution is 2.31. The maximum absolute atomic E-state index is 12.8. The summed E-state index contributed by atoms with van der Waals surface area (Å²) in [7, 11) is 0. The van der Waals surface area contributed by atoms with Crippen LogP contribution in [0.5, 0.6) is 0 Å². The number of rotatable bonds is 5. The molecule has 2 aromatic rings. The minimum atomic E-state index is -4.32. The van der Waals surface area contributed by atoms with Crippen LogP contribution < -0.4 is 0 Å². The van der Waals surface area contributed by atoms with Crippen molar-refractivity contribution in [2.45, 2.75) is 26.2 Å². The van der Waals surface area contributed by atoms with E-state index < -0.39 is 11.7 Å². The lowest BCUT2D eigenvalue weighted by Crippen LogP contribution is -2.25. The van der Waals surface area contributed by atoms with E-state index in [9.17, 15) is 13.2 Å². The van der Waals surface area contributed by atoms with Crippen molar-refractivity contribution in [2.24, 2.45) is 0 Å². The van der Waals surface area contributed by atoms with Gasteiger partial charge < -0.3 is 4.57 Å². The number of alkyl halides is 4. The molecule has 0 spiro atoms. The second-order valence-electron chi connectivity index (χ2n) is 4.57. The number of hydrogen-bond donors (Lipinski definition) is 0. The molecule has 0 aliphatic heterocycles. The molecule has 1 aromatic heterocycles. The molecule has 0 fully saturated rings. The summed E-state index contributed by atoms with van der Waals surface area (Å²) in [5, 5.41) is 0. The van der Waals surface area contributed by atoms with E-state index in [-0.39, 0.29) is 0 Å². The summed E-state index contributed by atoms with van der Waals surface area (Å²) < 4.78 is 40.9. The van der Waals surface area contributed by atoms with E-state index in [2.05, 4.69) is 39.4 Å². The zero-order valence-electron chi connectivity index (χ0n) is 11.0. The average Bonchev–Trinajstić information content (AvgIpc) is 2.79. The van der Waals surface area contributed by atoms with Crippen LogP contribution in [0, 0.1) is 0 Å². The molecule has 20 heavy (non-hydrogen) atoms. The molecular formula is C13H15F3IN3. The third-order valence-electron chi connectivity index (χ3n) is 3.01. The minimum absolute atomic E-state index is 0.519. The third-order valence-corrected chi connectivity index (χ3v) is 3.97. The van der Waals surface area contributed by atoms with Crippen LogP contribution in [0.4, 0.5) is 13.2 Å². The Hall–Kier alpha value is -0.830. The van der Waals surface area contributed by atoms with E-state index in [0.29, 0.717) is 17.7 Å². The van der Waals surface area contributed by atoms with Gasteiger partial charge in [0.25, 0.3) is 0 Å². The summed E-state index contributed by atoms with van der Waals surface area (Å²) >= 11 is 2.25. The number of aromatic nitrogens is 2. The highest BCUT2D eigenvalue weighted by Gasteiger charge is 2.30. The molecule has 0 saturated heterocycles. The molecule has 2 rings (SSSR count). The van der Waals surface area contributed by atoms with Crippen LogP contribution in [0.25, 0.3) is 11.0 Å². The minimum Gasteiger partial charge on any atom is -0.317 e. The lowest BCUT2D eigenvalue weighted by atomic mass is 10.2. The van der Waals surface area contributed by atoms with Gasteiger partial charge in [-0.2, -0.15) is 13.2 Å². The van der Waals surface area contributed by atoms with Crippen LogP contribution in [0.3, 0.4) is 0 Å². The van der Waals surface area contributed by atoms with Crippen molar-refractivity contribution in [2.75, 3.05) is 11.1 Å². The average molecular weight is 397 g/mol. The van der Waals surface area contributed by atoms with Crippen LogP contribution in [-0.4, -0.2) is 25.5 Å². The van der Waals surface area contributed by atoms with E-state index in [1.54, 1.807) is 10.9 Å². The highest BCUT2D eigenvalue weighted by atomic mass is 127. The van der Waals surface area contributed by atoms with Crippen molar-refractivity contribution in [1.82, 2.24) is 14.5 Å².